The average molecular weight is 370 g/mol. The first-order valence-electron chi connectivity index (χ1n) is 8.93. The van der Waals surface area contributed by atoms with E-state index in [9.17, 15) is 9.59 Å². The summed E-state index contributed by atoms with van der Waals surface area (Å²) in [5, 5.41) is 8.92. The molecule has 0 fully saturated rings. The fourth-order valence-corrected chi connectivity index (χ4v) is 2.85. The van der Waals surface area contributed by atoms with Crippen molar-refractivity contribution in [3.63, 3.8) is 0 Å². The van der Waals surface area contributed by atoms with Gasteiger partial charge in [0, 0.05) is 6.42 Å². The van der Waals surface area contributed by atoms with Crippen molar-refractivity contribution >= 4 is 11.9 Å². The summed E-state index contributed by atoms with van der Waals surface area (Å²) in [5.41, 5.74) is 12.5. The first kappa shape index (κ1) is 20.6. The minimum Gasteiger partial charge on any atom is -0.480 e. The van der Waals surface area contributed by atoms with E-state index < -0.39 is 23.5 Å². The number of esters is 1. The first-order valence-corrected chi connectivity index (χ1v) is 8.93. The molecule has 2 rings (SSSR count). The molecule has 0 spiro atoms. The molecule has 0 bridgehead atoms. The van der Waals surface area contributed by atoms with Gasteiger partial charge in [-0.15, -0.1) is 0 Å². The normalized spacial score (nSPS) is 14.1. The average Bonchev–Trinajstić information content (AvgIpc) is 2.67. The second kappa shape index (κ2) is 9.85. The third-order valence-electron chi connectivity index (χ3n) is 4.44. The van der Waals surface area contributed by atoms with Crippen molar-refractivity contribution in [1.82, 2.24) is 0 Å². The smallest absolute Gasteiger partial charge is 0.326 e. The molecule has 0 amide bonds. The van der Waals surface area contributed by atoms with Gasteiger partial charge in [0.15, 0.2) is 0 Å². The van der Waals surface area contributed by atoms with Crippen LogP contribution in [0.3, 0.4) is 0 Å². The van der Waals surface area contributed by atoms with Gasteiger partial charge in [-0.2, -0.15) is 0 Å². The Morgan fingerprint density at radius 3 is 2.11 bits per heavy atom. The van der Waals surface area contributed by atoms with Crippen LogP contribution in [0.25, 0.3) is 0 Å². The first-order chi connectivity index (χ1) is 12.9. The van der Waals surface area contributed by atoms with Gasteiger partial charge in [0.05, 0.1) is 0 Å². The van der Waals surface area contributed by atoms with Crippen LogP contribution in [0.1, 0.15) is 30.4 Å². The van der Waals surface area contributed by atoms with Crippen LogP contribution in [0.2, 0.25) is 0 Å². The molecule has 2 aromatic carbocycles. The number of benzene rings is 2. The number of carboxylic acid groups (broad SMARTS) is 1. The molecule has 0 saturated heterocycles. The summed E-state index contributed by atoms with van der Waals surface area (Å²) < 4.78 is 5.46. The van der Waals surface area contributed by atoms with E-state index >= 15 is 0 Å². The summed E-state index contributed by atoms with van der Waals surface area (Å²) >= 11 is 0. The lowest BCUT2D eigenvalue weighted by Crippen LogP contribution is -2.51. The van der Waals surface area contributed by atoms with E-state index in [1.54, 1.807) is 0 Å². The second-order valence-corrected chi connectivity index (χ2v) is 6.72. The largest absolute Gasteiger partial charge is 0.480 e. The molecule has 2 atom stereocenters. The highest BCUT2D eigenvalue weighted by molar-refractivity contribution is 5.81. The predicted molar refractivity (Wildman–Crippen MR) is 103 cm³/mol. The number of ether oxygens (including phenoxy) is 1. The predicted octanol–water partition coefficient (Wildman–Crippen LogP) is 2.25. The number of aliphatic carboxylic acids is 1. The van der Waals surface area contributed by atoms with Crippen LogP contribution in [0.5, 0.6) is 0 Å². The van der Waals surface area contributed by atoms with Gasteiger partial charge in [-0.1, -0.05) is 60.7 Å². The highest BCUT2D eigenvalue weighted by Gasteiger charge is 2.35. The summed E-state index contributed by atoms with van der Waals surface area (Å²) in [6.45, 7) is 0.141. The van der Waals surface area contributed by atoms with E-state index in [-0.39, 0.29) is 19.4 Å². The minimum atomic E-state index is -1.24. The zero-order valence-corrected chi connectivity index (χ0v) is 15.2. The van der Waals surface area contributed by atoms with Crippen LogP contribution in [0.15, 0.2) is 60.7 Å². The Morgan fingerprint density at radius 1 is 1.00 bits per heavy atom. The minimum absolute atomic E-state index is 0.141. The van der Waals surface area contributed by atoms with Crippen LogP contribution < -0.4 is 11.5 Å². The van der Waals surface area contributed by atoms with Crippen LogP contribution in [0, 0.1) is 0 Å². The molecular formula is C21H26N2O4. The van der Waals surface area contributed by atoms with Gasteiger partial charge in [0.2, 0.25) is 0 Å². The van der Waals surface area contributed by atoms with Crippen LogP contribution >= 0.6 is 0 Å². The highest BCUT2D eigenvalue weighted by Crippen LogP contribution is 2.21. The molecular weight excluding hydrogens is 344 g/mol. The summed E-state index contributed by atoms with van der Waals surface area (Å²) in [7, 11) is 0. The third-order valence-corrected chi connectivity index (χ3v) is 4.44. The fourth-order valence-electron chi connectivity index (χ4n) is 2.85. The molecule has 0 aliphatic carbocycles. The molecule has 144 valence electrons. The van der Waals surface area contributed by atoms with Crippen molar-refractivity contribution in [2.24, 2.45) is 11.5 Å². The van der Waals surface area contributed by atoms with E-state index in [4.69, 9.17) is 21.3 Å². The van der Waals surface area contributed by atoms with Crippen molar-refractivity contribution < 1.29 is 19.4 Å². The maximum Gasteiger partial charge on any atom is 0.326 e. The Morgan fingerprint density at radius 2 is 1.56 bits per heavy atom. The van der Waals surface area contributed by atoms with E-state index in [0.29, 0.717) is 12.8 Å². The number of carbonyl (C=O) groups excluding carboxylic acids is 1. The maximum absolute atomic E-state index is 12.8. The van der Waals surface area contributed by atoms with Crippen LogP contribution in [-0.2, 0) is 27.4 Å². The van der Waals surface area contributed by atoms with Crippen molar-refractivity contribution in [3.8, 4) is 0 Å². The standard InChI is InChI=1S/C21H26N2O4/c22-18(19(24)25)12-7-13-21(23,14-16-8-3-1-4-9-16)20(26)27-15-17-10-5-2-6-11-17/h1-6,8-11,18H,7,12-15,22-23H2,(H,24,25). The SMILES string of the molecule is NC(CCCC(N)(Cc1ccccc1)C(=O)OCc1ccccc1)C(=O)O. The van der Waals surface area contributed by atoms with Crippen molar-refractivity contribution in [2.75, 3.05) is 0 Å². The Kier molecular flexibility index (Phi) is 7.52. The highest BCUT2D eigenvalue weighted by atomic mass is 16.5. The number of carbonyl (C=O) groups is 2. The molecule has 0 saturated carbocycles. The van der Waals surface area contributed by atoms with E-state index in [1.807, 2.05) is 60.7 Å². The van der Waals surface area contributed by atoms with Gasteiger partial charge >= 0.3 is 11.9 Å². The van der Waals surface area contributed by atoms with Crippen molar-refractivity contribution in [1.29, 1.82) is 0 Å². The number of hydrogen-bond acceptors (Lipinski definition) is 5. The Hall–Kier alpha value is -2.70. The molecule has 2 aromatic rings. The summed E-state index contributed by atoms with van der Waals surface area (Å²) in [4.78, 5) is 23.6. The molecule has 6 nitrogen and oxygen atoms in total. The van der Waals surface area contributed by atoms with Gasteiger partial charge in [0.1, 0.15) is 18.2 Å². The number of hydrogen-bond donors (Lipinski definition) is 3. The Labute approximate surface area is 159 Å². The lowest BCUT2D eigenvalue weighted by molar-refractivity contribution is -0.152. The molecule has 0 radical (unpaired) electrons. The van der Waals surface area contributed by atoms with Gasteiger partial charge in [-0.05, 0) is 30.4 Å². The van der Waals surface area contributed by atoms with Gasteiger partial charge in [0.25, 0.3) is 0 Å². The number of carboxylic acids is 1. The lowest BCUT2D eigenvalue weighted by atomic mass is 9.86. The monoisotopic (exact) mass is 370 g/mol. The summed E-state index contributed by atoms with van der Waals surface area (Å²) in [6.07, 6.45) is 1.26. The molecule has 0 aliphatic heterocycles. The van der Waals surface area contributed by atoms with E-state index in [0.717, 1.165) is 11.1 Å². The summed E-state index contributed by atoms with van der Waals surface area (Å²) in [5.74, 6) is -1.56. The van der Waals surface area contributed by atoms with Crippen molar-refractivity contribution in [3.05, 3.63) is 71.8 Å². The van der Waals surface area contributed by atoms with E-state index in [2.05, 4.69) is 0 Å². The van der Waals surface area contributed by atoms with Crippen LogP contribution in [-0.4, -0.2) is 28.6 Å². The molecule has 27 heavy (non-hydrogen) atoms. The van der Waals surface area contributed by atoms with Gasteiger partial charge < -0.3 is 21.3 Å². The number of nitrogens with two attached hydrogens (primary N) is 2. The molecule has 0 aliphatic rings. The van der Waals surface area contributed by atoms with Crippen LogP contribution in [0.4, 0.5) is 0 Å². The fraction of sp³-hybridized carbons (Fsp3) is 0.333. The Bertz CT molecular complexity index is 736. The molecule has 6 heteroatoms. The third kappa shape index (κ3) is 6.51. The van der Waals surface area contributed by atoms with E-state index in [1.165, 1.54) is 0 Å². The molecule has 0 heterocycles. The van der Waals surface area contributed by atoms with Gasteiger partial charge in [-0.25, -0.2) is 0 Å². The summed E-state index contributed by atoms with van der Waals surface area (Å²) in [6, 6.07) is 17.9. The molecule has 5 N–H and O–H groups in total. The zero-order chi connectivity index (χ0) is 19.7. The Balaban J connectivity index is 2.05. The number of rotatable bonds is 10. The molecule has 0 aromatic heterocycles. The topological polar surface area (TPSA) is 116 Å². The maximum atomic E-state index is 12.8. The lowest BCUT2D eigenvalue weighted by Gasteiger charge is -2.28. The quantitative estimate of drug-likeness (QED) is 0.553. The van der Waals surface area contributed by atoms with Gasteiger partial charge in [-0.3, -0.25) is 9.59 Å². The second-order valence-electron chi connectivity index (χ2n) is 6.72. The molecule has 2 unspecified atom stereocenters. The van der Waals surface area contributed by atoms with Crippen molar-refractivity contribution in [2.45, 2.75) is 43.9 Å². The zero-order valence-electron chi connectivity index (χ0n) is 15.2.